The van der Waals surface area contributed by atoms with Crippen molar-refractivity contribution in [1.82, 2.24) is 9.78 Å². The summed E-state index contributed by atoms with van der Waals surface area (Å²) in [4.78, 5) is 2.20. The molecule has 2 atom stereocenters. The fourth-order valence-corrected chi connectivity index (χ4v) is 3.36. The van der Waals surface area contributed by atoms with Gasteiger partial charge in [0, 0.05) is 39.4 Å². The number of aromatic nitrogens is 2. The molecule has 2 heterocycles. The smallest absolute Gasteiger partial charge is 0.151 e. The van der Waals surface area contributed by atoms with Crippen LogP contribution < -0.4 is 15.4 Å². The monoisotopic (exact) mass is 389 g/mol. The van der Waals surface area contributed by atoms with Crippen molar-refractivity contribution in [2.75, 3.05) is 44.1 Å². The van der Waals surface area contributed by atoms with Crippen molar-refractivity contribution in [2.24, 2.45) is 7.05 Å². The standard InChI is InChI=1S/C20H29N5O3.H2/c1-13-11-27-8-7-25(13)19-10-18(24(3)23-19)20(22)16-9-15(5-6-17(16)21)28-14(2)12-26-4;/h5-6,9-10,13-14,22H,7-8,11-12,21H2,1-4H3;1H/t13-,14-;/m0./s1. The normalized spacial score (nSPS) is 18.1. The van der Waals surface area contributed by atoms with Crippen molar-refractivity contribution in [1.29, 1.82) is 5.41 Å². The van der Waals surface area contributed by atoms with Gasteiger partial charge in [-0.25, -0.2) is 0 Å². The summed E-state index contributed by atoms with van der Waals surface area (Å²) in [6.07, 6.45) is -0.0956. The second kappa shape index (κ2) is 8.62. The van der Waals surface area contributed by atoms with Crippen LogP contribution in [-0.2, 0) is 16.5 Å². The van der Waals surface area contributed by atoms with Crippen LogP contribution in [-0.4, -0.2) is 61.1 Å². The van der Waals surface area contributed by atoms with E-state index in [1.165, 1.54) is 0 Å². The van der Waals surface area contributed by atoms with Crippen LogP contribution in [0, 0.1) is 5.41 Å². The Labute approximate surface area is 167 Å². The molecule has 1 aliphatic rings. The lowest BCUT2D eigenvalue weighted by atomic mass is 10.0. The average molecular weight is 390 g/mol. The van der Waals surface area contributed by atoms with E-state index in [2.05, 4.69) is 16.9 Å². The molecule has 0 spiro atoms. The number of benzene rings is 1. The summed E-state index contributed by atoms with van der Waals surface area (Å²) in [5, 5.41) is 13.3. The SMILES string of the molecule is COC[C@H](C)Oc1ccc(N)c(C(=N)c2cc(N3CCOC[C@@H]3C)nn2C)c1.[HH]. The molecule has 1 aromatic heterocycles. The maximum atomic E-state index is 8.73. The van der Waals surface area contributed by atoms with Crippen LogP contribution in [0.4, 0.5) is 11.5 Å². The van der Waals surface area contributed by atoms with E-state index in [-0.39, 0.29) is 13.6 Å². The van der Waals surface area contributed by atoms with E-state index in [1.54, 1.807) is 23.9 Å². The van der Waals surface area contributed by atoms with Gasteiger partial charge in [-0.3, -0.25) is 10.1 Å². The van der Waals surface area contributed by atoms with Crippen molar-refractivity contribution in [3.8, 4) is 5.75 Å². The first-order chi connectivity index (χ1) is 13.4. The van der Waals surface area contributed by atoms with Gasteiger partial charge in [-0.1, -0.05) is 0 Å². The maximum absolute atomic E-state index is 8.73. The molecule has 0 aliphatic carbocycles. The van der Waals surface area contributed by atoms with Crippen molar-refractivity contribution < 1.29 is 15.6 Å². The van der Waals surface area contributed by atoms with Crippen molar-refractivity contribution >= 4 is 17.2 Å². The lowest BCUT2D eigenvalue weighted by Crippen LogP contribution is -2.43. The summed E-state index contributed by atoms with van der Waals surface area (Å²) in [5.41, 5.74) is 8.31. The third-order valence-electron chi connectivity index (χ3n) is 4.82. The topological polar surface area (TPSA) is 98.6 Å². The van der Waals surface area contributed by atoms with Crippen molar-refractivity contribution in [3.63, 3.8) is 0 Å². The molecule has 154 valence electrons. The average Bonchev–Trinajstić information content (AvgIpc) is 3.05. The predicted molar refractivity (Wildman–Crippen MR) is 112 cm³/mol. The molecule has 0 unspecified atom stereocenters. The third-order valence-corrected chi connectivity index (χ3v) is 4.82. The van der Waals surface area contributed by atoms with Crippen LogP contribution in [0.1, 0.15) is 26.5 Å². The summed E-state index contributed by atoms with van der Waals surface area (Å²) < 4.78 is 18.2. The lowest BCUT2D eigenvalue weighted by molar-refractivity contribution is 0.0921. The number of rotatable bonds is 7. The van der Waals surface area contributed by atoms with Gasteiger partial charge >= 0.3 is 0 Å². The Kier molecular flexibility index (Phi) is 6.21. The van der Waals surface area contributed by atoms with Gasteiger partial charge in [0.1, 0.15) is 11.9 Å². The van der Waals surface area contributed by atoms with Crippen molar-refractivity contribution in [2.45, 2.75) is 26.0 Å². The molecule has 0 radical (unpaired) electrons. The number of hydrogen-bond acceptors (Lipinski definition) is 7. The molecule has 1 aromatic carbocycles. The number of methoxy groups -OCH3 is 1. The number of nitrogens with one attached hydrogen (secondary N) is 1. The Balaban J connectivity index is 0.00000300. The van der Waals surface area contributed by atoms with Crippen LogP contribution in [0.25, 0.3) is 0 Å². The van der Waals surface area contributed by atoms with Gasteiger partial charge in [0.05, 0.1) is 37.3 Å². The minimum Gasteiger partial charge on any atom is -0.488 e. The Morgan fingerprint density at radius 3 is 2.96 bits per heavy atom. The van der Waals surface area contributed by atoms with E-state index in [1.807, 2.05) is 26.1 Å². The molecule has 8 heteroatoms. The minimum atomic E-state index is -0.0956. The highest BCUT2D eigenvalue weighted by atomic mass is 16.5. The van der Waals surface area contributed by atoms with Gasteiger partial charge < -0.3 is 24.8 Å². The zero-order valence-corrected chi connectivity index (χ0v) is 16.9. The highest BCUT2D eigenvalue weighted by molar-refractivity contribution is 6.13. The molecule has 0 amide bonds. The first-order valence-electron chi connectivity index (χ1n) is 9.43. The number of aryl methyl sites for hydroxylation is 1. The minimum absolute atomic E-state index is 0. The third kappa shape index (κ3) is 4.28. The van der Waals surface area contributed by atoms with E-state index in [4.69, 9.17) is 25.4 Å². The molecule has 1 fully saturated rings. The molecule has 3 N–H and O–H groups in total. The number of ether oxygens (including phenoxy) is 3. The lowest BCUT2D eigenvalue weighted by Gasteiger charge is -2.33. The Bertz CT molecular complexity index is 842. The molecular formula is C20H31N5O3. The van der Waals surface area contributed by atoms with Crippen LogP contribution >= 0.6 is 0 Å². The van der Waals surface area contributed by atoms with Crippen molar-refractivity contribution in [3.05, 3.63) is 35.5 Å². The molecule has 0 bridgehead atoms. The second-order valence-electron chi connectivity index (χ2n) is 7.14. The Hall–Kier alpha value is -2.58. The van der Waals surface area contributed by atoms with Gasteiger partial charge in [-0.2, -0.15) is 5.10 Å². The first-order valence-corrected chi connectivity index (χ1v) is 9.43. The number of nitrogens with zero attached hydrogens (tertiary/aromatic N) is 3. The summed E-state index contributed by atoms with van der Waals surface area (Å²) in [6, 6.07) is 7.55. The fourth-order valence-electron chi connectivity index (χ4n) is 3.36. The zero-order valence-electron chi connectivity index (χ0n) is 16.9. The molecule has 2 aromatic rings. The quantitative estimate of drug-likeness (QED) is 0.557. The number of anilines is 2. The Morgan fingerprint density at radius 2 is 2.25 bits per heavy atom. The fraction of sp³-hybridized carbons (Fsp3) is 0.500. The number of nitrogens with two attached hydrogens (primary N) is 1. The maximum Gasteiger partial charge on any atom is 0.151 e. The zero-order chi connectivity index (χ0) is 20.3. The molecular weight excluding hydrogens is 358 g/mol. The van der Waals surface area contributed by atoms with Crippen LogP contribution in [0.15, 0.2) is 24.3 Å². The van der Waals surface area contributed by atoms with Gasteiger partial charge in [-0.15, -0.1) is 0 Å². The predicted octanol–water partition coefficient (Wildman–Crippen LogP) is 2.30. The molecule has 1 aliphatic heterocycles. The summed E-state index contributed by atoms with van der Waals surface area (Å²) in [6.45, 7) is 6.67. The molecule has 0 saturated carbocycles. The van der Waals surface area contributed by atoms with Gasteiger partial charge in [0.15, 0.2) is 5.82 Å². The highest BCUT2D eigenvalue weighted by Gasteiger charge is 2.23. The summed E-state index contributed by atoms with van der Waals surface area (Å²) in [7, 11) is 3.48. The van der Waals surface area contributed by atoms with Gasteiger partial charge in [0.2, 0.25) is 0 Å². The molecule has 8 nitrogen and oxygen atoms in total. The van der Waals surface area contributed by atoms with Crippen LogP contribution in [0.2, 0.25) is 0 Å². The number of morpholine rings is 1. The summed E-state index contributed by atoms with van der Waals surface area (Å²) in [5.74, 6) is 1.50. The second-order valence-corrected chi connectivity index (χ2v) is 7.14. The van der Waals surface area contributed by atoms with E-state index in [0.29, 0.717) is 48.2 Å². The van der Waals surface area contributed by atoms with Crippen LogP contribution in [0.5, 0.6) is 5.75 Å². The molecule has 1 saturated heterocycles. The van der Waals surface area contributed by atoms with E-state index in [0.717, 1.165) is 12.4 Å². The number of nitrogen functional groups attached to an aromatic ring is 1. The summed E-state index contributed by atoms with van der Waals surface area (Å²) >= 11 is 0. The van der Waals surface area contributed by atoms with E-state index >= 15 is 0 Å². The van der Waals surface area contributed by atoms with Gasteiger partial charge in [-0.05, 0) is 32.0 Å². The molecule has 3 rings (SSSR count). The highest BCUT2D eigenvalue weighted by Crippen LogP contribution is 2.26. The Morgan fingerprint density at radius 1 is 1.46 bits per heavy atom. The van der Waals surface area contributed by atoms with E-state index in [9.17, 15) is 0 Å². The van der Waals surface area contributed by atoms with Gasteiger partial charge in [0.25, 0.3) is 0 Å². The van der Waals surface area contributed by atoms with E-state index < -0.39 is 0 Å². The molecule has 28 heavy (non-hydrogen) atoms. The largest absolute Gasteiger partial charge is 0.488 e. The number of hydrogen-bond donors (Lipinski definition) is 2. The van der Waals surface area contributed by atoms with Crippen LogP contribution in [0.3, 0.4) is 0 Å². The first kappa shape index (κ1) is 20.2.